The number of hydrogen-bond acceptors (Lipinski definition) is 4. The minimum absolute atomic E-state index is 0.0901. The molecule has 0 saturated heterocycles. The van der Waals surface area contributed by atoms with Crippen LogP contribution < -0.4 is 4.74 Å². The highest BCUT2D eigenvalue weighted by Crippen LogP contribution is 2.17. The van der Waals surface area contributed by atoms with Crippen molar-refractivity contribution in [1.82, 2.24) is 4.90 Å². The molecule has 0 aliphatic rings. The number of amides is 1. The van der Waals surface area contributed by atoms with Crippen molar-refractivity contribution in [3.8, 4) is 5.75 Å². The normalized spacial score (nSPS) is 11.5. The first kappa shape index (κ1) is 19.5. The van der Waals surface area contributed by atoms with Crippen molar-refractivity contribution in [3.05, 3.63) is 24.3 Å². The Labute approximate surface area is 139 Å². The molecule has 1 aromatic carbocycles. The summed E-state index contributed by atoms with van der Waals surface area (Å²) in [5.74, 6) is 0.795. The molecule has 0 spiro atoms. The SMILES string of the molecule is CCC(CC)C(=O)N(C)CCCOc1cccc(S(C)(=O)=O)c1. The third kappa shape index (κ3) is 6.22. The number of nitrogens with zero attached hydrogens (tertiary/aromatic N) is 1. The summed E-state index contributed by atoms with van der Waals surface area (Å²) in [5, 5.41) is 0. The average Bonchev–Trinajstić information content (AvgIpc) is 2.52. The molecule has 1 aromatic rings. The van der Waals surface area contributed by atoms with Crippen LogP contribution in [0.4, 0.5) is 0 Å². The molecule has 0 aliphatic heterocycles. The summed E-state index contributed by atoms with van der Waals surface area (Å²) in [4.78, 5) is 14.1. The zero-order valence-corrected chi connectivity index (χ0v) is 15.2. The van der Waals surface area contributed by atoms with Gasteiger partial charge in [0.1, 0.15) is 5.75 Å². The van der Waals surface area contributed by atoms with Gasteiger partial charge in [0, 0.05) is 25.8 Å². The average molecular weight is 341 g/mol. The smallest absolute Gasteiger partial charge is 0.225 e. The summed E-state index contributed by atoms with van der Waals surface area (Å²) in [7, 11) is -1.42. The van der Waals surface area contributed by atoms with Crippen LogP contribution in [0.2, 0.25) is 0 Å². The molecule has 130 valence electrons. The zero-order valence-electron chi connectivity index (χ0n) is 14.4. The lowest BCUT2D eigenvalue weighted by atomic mass is 10.0. The Morgan fingerprint density at radius 3 is 2.48 bits per heavy atom. The van der Waals surface area contributed by atoms with Gasteiger partial charge in [-0.25, -0.2) is 8.42 Å². The van der Waals surface area contributed by atoms with E-state index in [0.717, 1.165) is 12.8 Å². The summed E-state index contributed by atoms with van der Waals surface area (Å²) >= 11 is 0. The summed E-state index contributed by atoms with van der Waals surface area (Å²) in [5.41, 5.74) is 0. The van der Waals surface area contributed by atoms with Gasteiger partial charge in [0.05, 0.1) is 11.5 Å². The molecular weight excluding hydrogens is 314 g/mol. The van der Waals surface area contributed by atoms with E-state index in [4.69, 9.17) is 4.74 Å². The molecule has 1 rings (SSSR count). The molecule has 0 radical (unpaired) electrons. The Hall–Kier alpha value is -1.56. The topological polar surface area (TPSA) is 63.7 Å². The van der Waals surface area contributed by atoms with Crippen molar-refractivity contribution < 1.29 is 17.9 Å². The number of ether oxygens (including phenoxy) is 1. The fraction of sp³-hybridized carbons (Fsp3) is 0.588. The lowest BCUT2D eigenvalue weighted by Crippen LogP contribution is -2.33. The van der Waals surface area contributed by atoms with E-state index in [0.29, 0.717) is 25.3 Å². The standard InChI is InChI=1S/C17H27NO4S/c1-5-14(6-2)17(19)18(3)11-8-12-22-15-9-7-10-16(13-15)23(4,20)21/h7,9-10,13-14H,5-6,8,11-12H2,1-4H3. The van der Waals surface area contributed by atoms with Gasteiger partial charge in [-0.2, -0.15) is 0 Å². The van der Waals surface area contributed by atoms with Crippen LogP contribution in [-0.2, 0) is 14.6 Å². The van der Waals surface area contributed by atoms with E-state index in [1.807, 2.05) is 20.9 Å². The summed E-state index contributed by atoms with van der Waals surface area (Å²) < 4.78 is 28.6. The molecule has 6 heteroatoms. The Bertz CT molecular complexity index is 609. The first-order chi connectivity index (χ1) is 10.8. The highest BCUT2D eigenvalue weighted by atomic mass is 32.2. The van der Waals surface area contributed by atoms with Crippen molar-refractivity contribution in [3.63, 3.8) is 0 Å². The minimum atomic E-state index is -3.23. The van der Waals surface area contributed by atoms with E-state index in [2.05, 4.69) is 0 Å². The Kier molecular flexibility index (Phi) is 7.55. The molecule has 0 bridgehead atoms. The van der Waals surface area contributed by atoms with Crippen molar-refractivity contribution >= 4 is 15.7 Å². The quantitative estimate of drug-likeness (QED) is 0.648. The van der Waals surface area contributed by atoms with Gasteiger partial charge in [0.2, 0.25) is 5.91 Å². The fourth-order valence-corrected chi connectivity index (χ4v) is 3.00. The number of rotatable bonds is 9. The van der Waals surface area contributed by atoms with Gasteiger partial charge < -0.3 is 9.64 Å². The third-order valence-corrected chi connectivity index (χ3v) is 4.96. The second-order valence-corrected chi connectivity index (χ2v) is 7.74. The molecule has 0 unspecified atom stereocenters. The van der Waals surface area contributed by atoms with Crippen LogP contribution in [0.1, 0.15) is 33.1 Å². The highest BCUT2D eigenvalue weighted by Gasteiger charge is 2.17. The van der Waals surface area contributed by atoms with E-state index in [-0.39, 0.29) is 16.7 Å². The number of sulfone groups is 1. The number of carbonyl (C=O) groups is 1. The van der Waals surface area contributed by atoms with Crippen LogP contribution in [0.15, 0.2) is 29.2 Å². The predicted molar refractivity (Wildman–Crippen MR) is 91.4 cm³/mol. The molecule has 0 heterocycles. The monoisotopic (exact) mass is 341 g/mol. The van der Waals surface area contributed by atoms with Crippen LogP contribution in [0, 0.1) is 5.92 Å². The maximum atomic E-state index is 12.1. The molecule has 0 aromatic heterocycles. The molecule has 0 atom stereocenters. The molecule has 0 N–H and O–H groups in total. The number of carbonyl (C=O) groups excluding carboxylic acids is 1. The fourth-order valence-electron chi connectivity index (χ4n) is 2.35. The maximum Gasteiger partial charge on any atom is 0.225 e. The molecule has 23 heavy (non-hydrogen) atoms. The van der Waals surface area contributed by atoms with Crippen molar-refractivity contribution in [2.45, 2.75) is 38.0 Å². The van der Waals surface area contributed by atoms with E-state index in [1.165, 1.54) is 12.3 Å². The molecular formula is C17H27NO4S. The van der Waals surface area contributed by atoms with Crippen molar-refractivity contribution in [1.29, 1.82) is 0 Å². The second kappa shape index (κ2) is 8.91. The second-order valence-electron chi connectivity index (χ2n) is 5.72. The lowest BCUT2D eigenvalue weighted by molar-refractivity contribution is -0.134. The Morgan fingerprint density at radius 2 is 1.91 bits per heavy atom. The van der Waals surface area contributed by atoms with Crippen LogP contribution in [0.25, 0.3) is 0 Å². The summed E-state index contributed by atoms with van der Waals surface area (Å²) in [6.07, 6.45) is 3.58. The van der Waals surface area contributed by atoms with E-state index in [1.54, 1.807) is 23.1 Å². The lowest BCUT2D eigenvalue weighted by Gasteiger charge is -2.22. The maximum absolute atomic E-state index is 12.1. The van der Waals surface area contributed by atoms with Crippen LogP contribution in [0.3, 0.4) is 0 Å². The number of hydrogen-bond donors (Lipinski definition) is 0. The van der Waals surface area contributed by atoms with Gasteiger partial charge in [-0.1, -0.05) is 19.9 Å². The molecule has 0 aliphatic carbocycles. The first-order valence-corrected chi connectivity index (χ1v) is 9.86. The Morgan fingerprint density at radius 1 is 1.26 bits per heavy atom. The zero-order chi connectivity index (χ0) is 17.5. The highest BCUT2D eigenvalue weighted by molar-refractivity contribution is 7.90. The van der Waals surface area contributed by atoms with Crippen LogP contribution in [0.5, 0.6) is 5.75 Å². The van der Waals surface area contributed by atoms with Gasteiger partial charge in [-0.3, -0.25) is 4.79 Å². The molecule has 0 saturated carbocycles. The molecule has 5 nitrogen and oxygen atoms in total. The first-order valence-electron chi connectivity index (χ1n) is 7.97. The van der Waals surface area contributed by atoms with Crippen LogP contribution in [-0.4, -0.2) is 45.7 Å². The van der Waals surface area contributed by atoms with Gasteiger partial charge in [-0.05, 0) is 37.5 Å². The molecule has 0 fully saturated rings. The van der Waals surface area contributed by atoms with Gasteiger partial charge in [0.25, 0.3) is 0 Å². The van der Waals surface area contributed by atoms with E-state index < -0.39 is 9.84 Å². The minimum Gasteiger partial charge on any atom is -0.493 e. The number of benzene rings is 1. The largest absolute Gasteiger partial charge is 0.493 e. The van der Waals surface area contributed by atoms with Crippen molar-refractivity contribution in [2.24, 2.45) is 5.92 Å². The van der Waals surface area contributed by atoms with Gasteiger partial charge in [-0.15, -0.1) is 0 Å². The molecule has 1 amide bonds. The van der Waals surface area contributed by atoms with E-state index in [9.17, 15) is 13.2 Å². The predicted octanol–water partition coefficient (Wildman–Crippen LogP) is 2.75. The van der Waals surface area contributed by atoms with E-state index >= 15 is 0 Å². The van der Waals surface area contributed by atoms with Crippen molar-refractivity contribution in [2.75, 3.05) is 26.5 Å². The Balaban J connectivity index is 2.45. The van der Waals surface area contributed by atoms with Gasteiger partial charge >= 0.3 is 0 Å². The van der Waals surface area contributed by atoms with Gasteiger partial charge in [0.15, 0.2) is 9.84 Å². The summed E-state index contributed by atoms with van der Waals surface area (Å²) in [6, 6.07) is 6.46. The summed E-state index contributed by atoms with van der Waals surface area (Å²) in [6.45, 7) is 5.12. The third-order valence-electron chi connectivity index (χ3n) is 3.85. The van der Waals surface area contributed by atoms with Crippen LogP contribution >= 0.6 is 0 Å².